The Morgan fingerprint density at radius 1 is 1.03 bits per heavy atom. The lowest BCUT2D eigenvalue weighted by molar-refractivity contribution is -0.130. The largest absolute Gasteiger partial charge is 0.474 e. The molecule has 0 saturated heterocycles. The number of hydrogen-bond donors (Lipinski definition) is 0. The van der Waals surface area contributed by atoms with E-state index >= 15 is 4.39 Å². The molecule has 2 heterocycles. The molecule has 0 saturated carbocycles. The van der Waals surface area contributed by atoms with Crippen LogP contribution in [0.4, 0.5) is 10.1 Å². The fourth-order valence-electron chi connectivity index (χ4n) is 5.01. The van der Waals surface area contributed by atoms with Gasteiger partial charge in [0, 0.05) is 24.0 Å². The van der Waals surface area contributed by atoms with E-state index in [0.29, 0.717) is 35.6 Å². The third-order valence-electron chi connectivity index (χ3n) is 6.37. The van der Waals surface area contributed by atoms with Crippen LogP contribution in [0.1, 0.15) is 45.1 Å². The standard InChI is InChI=1S/C25H23FN2O3/c1-15-25(23(30)28(27-15)16-9-5-4-6-10-16)22(17-11-7-8-12-18(17)26)21-19(29)13-24(2,3)14-20(21)31-25/h4-12,22H,13-14H2,1-3H3/t22-,25-/m0/s1. The summed E-state index contributed by atoms with van der Waals surface area (Å²) < 4.78 is 21.4. The Morgan fingerprint density at radius 2 is 1.71 bits per heavy atom. The third-order valence-corrected chi connectivity index (χ3v) is 6.37. The van der Waals surface area contributed by atoms with Crippen LogP contribution < -0.4 is 5.01 Å². The van der Waals surface area contributed by atoms with E-state index < -0.39 is 23.2 Å². The summed E-state index contributed by atoms with van der Waals surface area (Å²) in [6.45, 7) is 5.70. The van der Waals surface area contributed by atoms with Crippen LogP contribution in [0.25, 0.3) is 0 Å². The van der Waals surface area contributed by atoms with Crippen molar-refractivity contribution in [2.75, 3.05) is 5.01 Å². The number of benzene rings is 2. The average Bonchev–Trinajstić information content (AvgIpc) is 3.18. The Kier molecular flexibility index (Phi) is 4.19. The van der Waals surface area contributed by atoms with E-state index in [1.807, 2.05) is 32.0 Å². The maximum Gasteiger partial charge on any atom is 0.298 e. The quantitative estimate of drug-likeness (QED) is 0.708. The summed E-state index contributed by atoms with van der Waals surface area (Å²) in [6.07, 6.45) is 0.829. The fourth-order valence-corrected chi connectivity index (χ4v) is 5.01. The second-order valence-electron chi connectivity index (χ2n) is 9.21. The smallest absolute Gasteiger partial charge is 0.298 e. The van der Waals surface area contributed by atoms with Gasteiger partial charge >= 0.3 is 0 Å². The Labute approximate surface area is 180 Å². The maximum absolute atomic E-state index is 15.0. The zero-order valence-electron chi connectivity index (χ0n) is 17.7. The van der Waals surface area contributed by atoms with Crippen molar-refractivity contribution in [3.05, 3.63) is 77.3 Å². The molecule has 5 nitrogen and oxygen atoms in total. The number of hydrogen-bond acceptors (Lipinski definition) is 4. The molecule has 2 aliphatic heterocycles. The number of rotatable bonds is 2. The van der Waals surface area contributed by atoms with Crippen molar-refractivity contribution >= 4 is 23.1 Å². The number of allylic oxidation sites excluding steroid dienone is 1. The summed E-state index contributed by atoms with van der Waals surface area (Å²) >= 11 is 0. The van der Waals surface area contributed by atoms with Crippen molar-refractivity contribution in [3.63, 3.8) is 0 Å². The van der Waals surface area contributed by atoms with Gasteiger partial charge in [0.25, 0.3) is 5.91 Å². The van der Waals surface area contributed by atoms with Crippen LogP contribution in [0.3, 0.4) is 0 Å². The minimum atomic E-state index is -1.57. The Bertz CT molecular complexity index is 1170. The summed E-state index contributed by atoms with van der Waals surface area (Å²) in [7, 11) is 0. The van der Waals surface area contributed by atoms with Gasteiger partial charge in [0.05, 0.1) is 17.3 Å². The van der Waals surface area contributed by atoms with Crippen LogP contribution >= 0.6 is 0 Å². The topological polar surface area (TPSA) is 59.0 Å². The molecule has 158 valence electrons. The van der Waals surface area contributed by atoms with Crippen molar-refractivity contribution in [2.24, 2.45) is 10.5 Å². The highest BCUT2D eigenvalue weighted by Gasteiger charge is 2.65. The van der Waals surface area contributed by atoms with E-state index in [1.165, 1.54) is 11.1 Å². The summed E-state index contributed by atoms with van der Waals surface area (Å²) in [4.78, 5) is 27.1. The number of amides is 1. The molecule has 2 aromatic rings. The van der Waals surface area contributed by atoms with Crippen LogP contribution in [0.15, 0.2) is 71.0 Å². The molecule has 2 atom stereocenters. The maximum atomic E-state index is 15.0. The van der Waals surface area contributed by atoms with E-state index in [0.717, 1.165) is 0 Å². The molecule has 31 heavy (non-hydrogen) atoms. The van der Waals surface area contributed by atoms with Gasteiger partial charge in [-0.1, -0.05) is 50.2 Å². The average molecular weight is 418 g/mol. The molecule has 1 amide bonds. The molecule has 1 spiro atoms. The van der Waals surface area contributed by atoms with E-state index in [-0.39, 0.29) is 16.8 Å². The zero-order chi connectivity index (χ0) is 22.0. The van der Waals surface area contributed by atoms with Gasteiger partial charge in [0.2, 0.25) is 5.60 Å². The van der Waals surface area contributed by atoms with Crippen molar-refractivity contribution in [1.82, 2.24) is 0 Å². The fraction of sp³-hybridized carbons (Fsp3) is 0.320. The second kappa shape index (κ2) is 6.61. The SMILES string of the molecule is CC1=NN(c2ccccc2)C(=O)[C@]12OC1=C(C(=O)CC(C)(C)C1)[C@@H]2c1ccccc1F. The number of nitrogens with zero attached hydrogens (tertiary/aromatic N) is 2. The monoisotopic (exact) mass is 418 g/mol. The van der Waals surface area contributed by atoms with Crippen molar-refractivity contribution < 1.29 is 18.7 Å². The van der Waals surface area contributed by atoms with Crippen molar-refractivity contribution in [1.29, 1.82) is 0 Å². The van der Waals surface area contributed by atoms with E-state index in [9.17, 15) is 9.59 Å². The Morgan fingerprint density at radius 3 is 2.42 bits per heavy atom. The molecule has 5 rings (SSSR count). The number of ketones is 1. The molecule has 0 unspecified atom stereocenters. The number of carbonyl (C=O) groups excluding carboxylic acids is 2. The highest BCUT2D eigenvalue weighted by molar-refractivity contribution is 6.24. The molecule has 0 bridgehead atoms. The number of ether oxygens (including phenoxy) is 1. The summed E-state index contributed by atoms with van der Waals surface area (Å²) in [5, 5.41) is 5.82. The first kappa shape index (κ1) is 19.7. The van der Waals surface area contributed by atoms with Crippen molar-refractivity contribution in [2.45, 2.75) is 45.1 Å². The van der Waals surface area contributed by atoms with Crippen LogP contribution in [0.5, 0.6) is 0 Å². The Hall–Kier alpha value is -3.28. The minimum Gasteiger partial charge on any atom is -0.474 e. The second-order valence-corrected chi connectivity index (χ2v) is 9.21. The normalized spacial score (nSPS) is 26.9. The van der Waals surface area contributed by atoms with E-state index in [1.54, 1.807) is 37.3 Å². The van der Waals surface area contributed by atoms with E-state index in [4.69, 9.17) is 4.74 Å². The number of para-hydroxylation sites is 1. The Balaban J connectivity index is 1.70. The van der Waals surface area contributed by atoms with Crippen LogP contribution in [-0.2, 0) is 14.3 Å². The lowest BCUT2D eigenvalue weighted by Crippen LogP contribution is -2.50. The number of anilines is 1. The first-order chi connectivity index (χ1) is 14.7. The lowest BCUT2D eigenvalue weighted by Gasteiger charge is -2.31. The van der Waals surface area contributed by atoms with Gasteiger partial charge in [-0.15, -0.1) is 0 Å². The highest BCUT2D eigenvalue weighted by Crippen LogP contribution is 2.56. The van der Waals surface area contributed by atoms with Gasteiger partial charge in [-0.05, 0) is 30.5 Å². The summed E-state index contributed by atoms with van der Waals surface area (Å²) in [6, 6.07) is 15.3. The highest BCUT2D eigenvalue weighted by atomic mass is 19.1. The summed E-state index contributed by atoms with van der Waals surface area (Å²) in [5.41, 5.74) is -0.183. The molecule has 0 aromatic heterocycles. The van der Waals surface area contributed by atoms with Gasteiger partial charge in [0.15, 0.2) is 5.78 Å². The zero-order valence-corrected chi connectivity index (χ0v) is 17.7. The van der Waals surface area contributed by atoms with Crippen LogP contribution in [0.2, 0.25) is 0 Å². The van der Waals surface area contributed by atoms with Crippen LogP contribution in [0, 0.1) is 11.2 Å². The third kappa shape index (κ3) is 2.77. The molecule has 0 N–H and O–H groups in total. The lowest BCUT2D eigenvalue weighted by atomic mass is 9.69. The van der Waals surface area contributed by atoms with Crippen molar-refractivity contribution in [3.8, 4) is 0 Å². The molecule has 3 aliphatic rings. The predicted octanol–water partition coefficient (Wildman–Crippen LogP) is 4.74. The molecule has 0 radical (unpaired) electrons. The van der Waals surface area contributed by atoms with E-state index in [2.05, 4.69) is 5.10 Å². The molecular weight excluding hydrogens is 395 g/mol. The van der Waals surface area contributed by atoms with Gasteiger partial charge in [-0.2, -0.15) is 10.1 Å². The van der Waals surface area contributed by atoms with Gasteiger partial charge in [-0.25, -0.2) is 4.39 Å². The molecule has 6 heteroatoms. The number of hydrazone groups is 1. The van der Waals surface area contributed by atoms with Gasteiger partial charge in [0.1, 0.15) is 11.6 Å². The minimum absolute atomic E-state index is 0.102. The number of halogens is 1. The predicted molar refractivity (Wildman–Crippen MR) is 115 cm³/mol. The number of Topliss-reactive ketones (excluding diaryl/α,β-unsaturated/α-hetero) is 1. The van der Waals surface area contributed by atoms with Crippen LogP contribution in [-0.4, -0.2) is 23.0 Å². The van der Waals surface area contributed by atoms with Gasteiger partial charge in [-0.3, -0.25) is 9.59 Å². The molecule has 2 aromatic carbocycles. The molecular formula is C25H23FN2O3. The summed E-state index contributed by atoms with van der Waals surface area (Å²) in [5.74, 6) is -1.38. The first-order valence-corrected chi connectivity index (χ1v) is 10.4. The molecule has 1 aliphatic carbocycles. The molecule has 0 fully saturated rings. The first-order valence-electron chi connectivity index (χ1n) is 10.4. The number of carbonyl (C=O) groups is 2. The van der Waals surface area contributed by atoms with Gasteiger partial charge < -0.3 is 4.74 Å².